The minimum absolute atomic E-state index is 0.0279. The molecule has 0 aliphatic carbocycles. The van der Waals surface area contributed by atoms with Gasteiger partial charge in [-0.3, -0.25) is 9.59 Å². The molecule has 0 bridgehead atoms. The van der Waals surface area contributed by atoms with Crippen molar-refractivity contribution in [2.75, 3.05) is 27.7 Å². The van der Waals surface area contributed by atoms with Crippen LogP contribution in [0.25, 0.3) is 0 Å². The maximum Gasteiger partial charge on any atom is 0.255 e. The molecule has 1 aliphatic rings. The zero-order valence-electron chi connectivity index (χ0n) is 12.4. The number of hydrogen-bond acceptors (Lipinski definition) is 3. The van der Waals surface area contributed by atoms with Crippen LogP contribution in [0.1, 0.15) is 23.2 Å². The monoisotopic (exact) mass is 354 g/mol. The Labute approximate surface area is 133 Å². The third kappa shape index (κ3) is 3.20. The Morgan fingerprint density at radius 3 is 2.71 bits per heavy atom. The van der Waals surface area contributed by atoms with E-state index in [1.54, 1.807) is 44.3 Å². The fraction of sp³-hybridized carbons (Fsp3) is 0.467. The molecule has 1 heterocycles. The minimum atomic E-state index is -0.370. The minimum Gasteiger partial charge on any atom is -0.497 e. The summed E-state index contributed by atoms with van der Waals surface area (Å²) >= 11 is 3.39. The van der Waals surface area contributed by atoms with E-state index in [0.717, 1.165) is 6.42 Å². The van der Waals surface area contributed by atoms with E-state index < -0.39 is 0 Å². The summed E-state index contributed by atoms with van der Waals surface area (Å²) in [6, 6.07) is 4.89. The highest BCUT2D eigenvalue weighted by Gasteiger charge is 2.35. The lowest BCUT2D eigenvalue weighted by atomic mass is 10.1. The van der Waals surface area contributed by atoms with Crippen molar-refractivity contribution in [3.05, 3.63) is 28.2 Å². The predicted octanol–water partition coefficient (Wildman–Crippen LogP) is 2.15. The van der Waals surface area contributed by atoms with Crippen LogP contribution < -0.4 is 4.74 Å². The van der Waals surface area contributed by atoms with E-state index in [-0.39, 0.29) is 17.9 Å². The summed E-state index contributed by atoms with van der Waals surface area (Å²) in [5.74, 6) is 0.453. The molecule has 6 heteroatoms. The normalized spacial score (nSPS) is 17.7. The predicted molar refractivity (Wildman–Crippen MR) is 83.4 cm³/mol. The zero-order chi connectivity index (χ0) is 15.6. The number of carbonyl (C=O) groups excluding carboxylic acids is 2. The number of methoxy groups -OCH3 is 1. The van der Waals surface area contributed by atoms with Crippen LogP contribution in [0.4, 0.5) is 0 Å². The second-order valence-corrected chi connectivity index (χ2v) is 6.09. The number of likely N-dealkylation sites (tertiary alicyclic amines) is 1. The van der Waals surface area contributed by atoms with Crippen LogP contribution in [0.2, 0.25) is 0 Å². The van der Waals surface area contributed by atoms with E-state index in [0.29, 0.717) is 28.8 Å². The summed E-state index contributed by atoms with van der Waals surface area (Å²) in [5, 5.41) is 0. The Balaban J connectivity index is 2.28. The van der Waals surface area contributed by atoms with Gasteiger partial charge in [0.05, 0.1) is 12.7 Å². The number of amides is 2. The van der Waals surface area contributed by atoms with Crippen molar-refractivity contribution in [3.63, 3.8) is 0 Å². The van der Waals surface area contributed by atoms with E-state index in [1.807, 2.05) is 0 Å². The molecule has 21 heavy (non-hydrogen) atoms. The standard InChI is InChI=1S/C15H19BrN2O3/c1-17(2)15(20)13-5-4-8-18(13)14(19)11-9-10(21-3)6-7-12(11)16/h6-7,9,13H,4-5,8H2,1-3H3. The van der Waals surface area contributed by atoms with E-state index >= 15 is 0 Å². The quantitative estimate of drug-likeness (QED) is 0.835. The number of rotatable bonds is 3. The van der Waals surface area contributed by atoms with E-state index in [9.17, 15) is 9.59 Å². The molecule has 1 fully saturated rings. The molecule has 1 aromatic rings. The van der Waals surface area contributed by atoms with E-state index in [2.05, 4.69) is 15.9 Å². The van der Waals surface area contributed by atoms with Gasteiger partial charge < -0.3 is 14.5 Å². The van der Waals surface area contributed by atoms with Crippen LogP contribution in [0.5, 0.6) is 5.75 Å². The van der Waals surface area contributed by atoms with Gasteiger partial charge in [-0.25, -0.2) is 0 Å². The van der Waals surface area contributed by atoms with Crippen LogP contribution in [0, 0.1) is 0 Å². The molecule has 0 spiro atoms. The van der Waals surface area contributed by atoms with Gasteiger partial charge in [0, 0.05) is 25.1 Å². The molecule has 1 aliphatic heterocycles. The molecule has 1 saturated heterocycles. The van der Waals surface area contributed by atoms with Crippen molar-refractivity contribution in [1.29, 1.82) is 0 Å². The van der Waals surface area contributed by atoms with Gasteiger partial charge in [0.15, 0.2) is 0 Å². The number of carbonyl (C=O) groups is 2. The maximum absolute atomic E-state index is 12.7. The molecule has 2 rings (SSSR count). The topological polar surface area (TPSA) is 49.9 Å². The molecular weight excluding hydrogens is 336 g/mol. The Morgan fingerprint density at radius 1 is 1.38 bits per heavy atom. The van der Waals surface area contributed by atoms with Crippen molar-refractivity contribution in [2.24, 2.45) is 0 Å². The first-order valence-corrected chi connectivity index (χ1v) is 7.60. The van der Waals surface area contributed by atoms with Gasteiger partial charge in [0.2, 0.25) is 5.91 Å². The lowest BCUT2D eigenvalue weighted by Gasteiger charge is -2.26. The zero-order valence-corrected chi connectivity index (χ0v) is 14.0. The van der Waals surface area contributed by atoms with Gasteiger partial charge >= 0.3 is 0 Å². The van der Waals surface area contributed by atoms with Gasteiger partial charge in [0.1, 0.15) is 11.8 Å². The third-order valence-electron chi connectivity index (χ3n) is 3.64. The largest absolute Gasteiger partial charge is 0.497 e. The fourth-order valence-corrected chi connectivity index (χ4v) is 2.93. The van der Waals surface area contributed by atoms with Crippen LogP contribution in [0.3, 0.4) is 0 Å². The Bertz CT molecular complexity index is 560. The smallest absolute Gasteiger partial charge is 0.255 e. The highest BCUT2D eigenvalue weighted by molar-refractivity contribution is 9.10. The second kappa shape index (κ2) is 6.47. The summed E-state index contributed by atoms with van der Waals surface area (Å²) in [6.45, 7) is 0.604. The molecule has 2 amide bonds. The van der Waals surface area contributed by atoms with Crippen LogP contribution >= 0.6 is 15.9 Å². The van der Waals surface area contributed by atoms with Gasteiger partial charge in [-0.05, 0) is 47.0 Å². The first-order chi connectivity index (χ1) is 9.95. The van der Waals surface area contributed by atoms with Gasteiger partial charge in [-0.1, -0.05) is 0 Å². The van der Waals surface area contributed by atoms with Crippen molar-refractivity contribution in [3.8, 4) is 5.75 Å². The second-order valence-electron chi connectivity index (χ2n) is 5.24. The van der Waals surface area contributed by atoms with Crippen molar-refractivity contribution in [1.82, 2.24) is 9.80 Å². The fourth-order valence-electron chi connectivity index (χ4n) is 2.51. The first-order valence-electron chi connectivity index (χ1n) is 6.81. The van der Waals surface area contributed by atoms with Crippen molar-refractivity contribution < 1.29 is 14.3 Å². The summed E-state index contributed by atoms with van der Waals surface area (Å²) in [5.41, 5.74) is 0.521. The van der Waals surface area contributed by atoms with Crippen molar-refractivity contribution in [2.45, 2.75) is 18.9 Å². The van der Waals surface area contributed by atoms with E-state index in [1.165, 1.54) is 4.90 Å². The van der Waals surface area contributed by atoms with Crippen molar-refractivity contribution >= 4 is 27.7 Å². The number of likely N-dealkylation sites (N-methyl/N-ethyl adjacent to an activating group) is 1. The highest BCUT2D eigenvalue weighted by Crippen LogP contribution is 2.27. The number of hydrogen-bond donors (Lipinski definition) is 0. The molecule has 0 saturated carbocycles. The van der Waals surface area contributed by atoms with Crippen LogP contribution in [0.15, 0.2) is 22.7 Å². The van der Waals surface area contributed by atoms with E-state index in [4.69, 9.17) is 4.74 Å². The van der Waals surface area contributed by atoms with Gasteiger partial charge in [0.25, 0.3) is 5.91 Å². The van der Waals surface area contributed by atoms with Crippen LogP contribution in [-0.2, 0) is 4.79 Å². The SMILES string of the molecule is COc1ccc(Br)c(C(=O)N2CCCC2C(=O)N(C)C)c1. The molecule has 1 aromatic carbocycles. The summed E-state index contributed by atoms with van der Waals surface area (Å²) < 4.78 is 5.87. The Kier molecular flexibility index (Phi) is 4.88. The summed E-state index contributed by atoms with van der Waals surface area (Å²) in [4.78, 5) is 28.1. The first kappa shape index (κ1) is 15.8. The summed E-state index contributed by atoms with van der Waals surface area (Å²) in [6.07, 6.45) is 1.56. The number of nitrogens with zero attached hydrogens (tertiary/aromatic N) is 2. The third-order valence-corrected chi connectivity index (χ3v) is 4.33. The molecule has 114 valence electrons. The number of benzene rings is 1. The molecule has 1 unspecified atom stereocenters. The Hall–Kier alpha value is -1.56. The highest BCUT2D eigenvalue weighted by atomic mass is 79.9. The lowest BCUT2D eigenvalue weighted by molar-refractivity contribution is -0.132. The molecule has 0 aromatic heterocycles. The number of halogens is 1. The van der Waals surface area contributed by atoms with Crippen LogP contribution in [-0.4, -0.2) is 55.4 Å². The maximum atomic E-state index is 12.7. The molecular formula is C15H19BrN2O3. The van der Waals surface area contributed by atoms with Gasteiger partial charge in [-0.2, -0.15) is 0 Å². The Morgan fingerprint density at radius 2 is 2.10 bits per heavy atom. The molecule has 1 atom stereocenters. The molecule has 5 nitrogen and oxygen atoms in total. The number of ether oxygens (including phenoxy) is 1. The molecule has 0 radical (unpaired) electrons. The molecule has 0 N–H and O–H groups in total. The average molecular weight is 355 g/mol. The lowest BCUT2D eigenvalue weighted by Crippen LogP contribution is -2.45. The van der Waals surface area contributed by atoms with Gasteiger partial charge in [-0.15, -0.1) is 0 Å². The summed E-state index contributed by atoms with van der Waals surface area (Å²) in [7, 11) is 4.99. The average Bonchev–Trinajstić information content (AvgIpc) is 2.95.